The van der Waals surface area contributed by atoms with E-state index in [4.69, 9.17) is 4.74 Å². The van der Waals surface area contributed by atoms with Gasteiger partial charge in [0.2, 0.25) is 0 Å². The highest BCUT2D eigenvalue weighted by Crippen LogP contribution is 2.29. The summed E-state index contributed by atoms with van der Waals surface area (Å²) in [7, 11) is 0. The molecule has 0 spiro atoms. The van der Waals surface area contributed by atoms with Gasteiger partial charge in [-0.05, 0) is 49.6 Å². The Bertz CT molecular complexity index is 1330. The number of hydrogen-bond donors (Lipinski definition) is 0. The second-order valence-electron chi connectivity index (χ2n) is 8.95. The van der Waals surface area contributed by atoms with Crippen molar-refractivity contribution in [1.29, 1.82) is 0 Å². The van der Waals surface area contributed by atoms with Crippen molar-refractivity contribution in [3.63, 3.8) is 0 Å². The van der Waals surface area contributed by atoms with Gasteiger partial charge in [-0.1, -0.05) is 6.42 Å². The summed E-state index contributed by atoms with van der Waals surface area (Å²) in [6, 6.07) is 6.28. The van der Waals surface area contributed by atoms with E-state index >= 15 is 0 Å². The van der Waals surface area contributed by atoms with Crippen LogP contribution in [0.4, 0.5) is 10.1 Å². The van der Waals surface area contributed by atoms with Gasteiger partial charge in [-0.15, -0.1) is 11.3 Å². The molecule has 2 aromatic heterocycles. The summed E-state index contributed by atoms with van der Waals surface area (Å²) in [5.74, 6) is -0.380. The number of esters is 1. The van der Waals surface area contributed by atoms with Crippen LogP contribution >= 0.6 is 11.3 Å². The Morgan fingerprint density at radius 2 is 1.80 bits per heavy atom. The van der Waals surface area contributed by atoms with Gasteiger partial charge in [0.1, 0.15) is 21.3 Å². The molecule has 1 amide bonds. The average Bonchev–Trinajstić information content (AvgIpc) is 3.03. The zero-order valence-corrected chi connectivity index (χ0v) is 20.4. The summed E-state index contributed by atoms with van der Waals surface area (Å²) in [6.07, 6.45) is 3.77. The van der Waals surface area contributed by atoms with Gasteiger partial charge >= 0.3 is 5.97 Å². The van der Waals surface area contributed by atoms with Crippen LogP contribution in [-0.4, -0.2) is 59.1 Å². The molecule has 0 bridgehead atoms. The fourth-order valence-electron chi connectivity index (χ4n) is 4.75. The Morgan fingerprint density at radius 1 is 1.06 bits per heavy atom. The number of halogens is 1. The molecule has 0 radical (unpaired) electrons. The minimum Gasteiger partial charge on any atom is -0.451 e. The average molecular weight is 499 g/mol. The second-order valence-corrected chi connectivity index (χ2v) is 9.95. The minimum atomic E-state index is -0.608. The summed E-state index contributed by atoms with van der Waals surface area (Å²) in [6.45, 7) is 4.23. The third kappa shape index (κ3) is 4.67. The Balaban J connectivity index is 1.22. The number of nitrogens with zero attached hydrogens (tertiary/aromatic N) is 4. The number of carbonyl (C=O) groups is 2. The zero-order chi connectivity index (χ0) is 24.5. The highest BCUT2D eigenvalue weighted by molar-refractivity contribution is 7.20. The summed E-state index contributed by atoms with van der Waals surface area (Å²) >= 11 is 1.15. The van der Waals surface area contributed by atoms with E-state index in [9.17, 15) is 18.8 Å². The van der Waals surface area contributed by atoms with Gasteiger partial charge in [-0.2, -0.15) is 0 Å². The largest absolute Gasteiger partial charge is 0.451 e. The molecule has 0 atom stereocenters. The predicted octanol–water partition coefficient (Wildman–Crippen LogP) is 3.14. The van der Waals surface area contributed by atoms with Crippen molar-refractivity contribution in [2.75, 3.05) is 37.7 Å². The van der Waals surface area contributed by atoms with Crippen LogP contribution in [-0.2, 0) is 22.5 Å². The van der Waals surface area contributed by atoms with Gasteiger partial charge < -0.3 is 14.5 Å². The van der Waals surface area contributed by atoms with Crippen LogP contribution in [0.15, 0.2) is 29.1 Å². The highest BCUT2D eigenvalue weighted by Gasteiger charge is 2.26. The fraction of sp³-hybridized carbons (Fsp3) is 0.440. The first-order chi connectivity index (χ1) is 16.9. The van der Waals surface area contributed by atoms with Crippen LogP contribution in [0.25, 0.3) is 10.2 Å². The second kappa shape index (κ2) is 9.77. The van der Waals surface area contributed by atoms with Crippen LogP contribution in [0.5, 0.6) is 0 Å². The normalized spacial score (nSPS) is 16.2. The lowest BCUT2D eigenvalue weighted by Crippen LogP contribution is -2.49. The van der Waals surface area contributed by atoms with Crippen molar-refractivity contribution in [3.05, 3.63) is 56.7 Å². The van der Waals surface area contributed by atoms with E-state index < -0.39 is 5.97 Å². The number of aryl methyl sites for hydroxylation is 2. The van der Waals surface area contributed by atoms with E-state index in [0.717, 1.165) is 48.5 Å². The number of carbonyl (C=O) groups excluding carboxylic acids is 2. The standard InChI is InChI=1S/C25H27FN4O4S/c1-16-21-23(27-19-5-3-2-4-10-30(19)24(21)32)35-22(16)25(33)34-15-20(31)29-13-11-28(12-14-29)18-8-6-17(26)7-9-18/h6-9H,2-5,10-15H2,1H3. The molecule has 1 aromatic carbocycles. The molecule has 4 heterocycles. The van der Waals surface area contributed by atoms with E-state index in [1.807, 2.05) is 0 Å². The van der Waals surface area contributed by atoms with Gasteiger partial charge in [0, 0.05) is 44.8 Å². The molecule has 2 aliphatic rings. The number of piperazine rings is 1. The van der Waals surface area contributed by atoms with Crippen LogP contribution in [0.2, 0.25) is 0 Å². The van der Waals surface area contributed by atoms with Gasteiger partial charge in [0.15, 0.2) is 6.61 Å². The van der Waals surface area contributed by atoms with E-state index in [0.29, 0.717) is 53.4 Å². The number of ether oxygens (including phenoxy) is 1. The summed E-state index contributed by atoms with van der Waals surface area (Å²) < 4.78 is 20.2. The Morgan fingerprint density at radius 3 is 2.54 bits per heavy atom. The molecule has 1 saturated heterocycles. The lowest BCUT2D eigenvalue weighted by atomic mass is 10.2. The van der Waals surface area contributed by atoms with Crippen molar-refractivity contribution >= 4 is 39.1 Å². The van der Waals surface area contributed by atoms with Crippen LogP contribution in [0, 0.1) is 12.7 Å². The number of aromatic nitrogens is 2. The third-order valence-electron chi connectivity index (χ3n) is 6.75. The number of hydrogen-bond acceptors (Lipinski definition) is 7. The molecule has 0 N–H and O–H groups in total. The van der Waals surface area contributed by atoms with Gasteiger partial charge in [0.25, 0.3) is 11.5 Å². The molecule has 2 aliphatic heterocycles. The molecular formula is C25H27FN4O4S. The van der Waals surface area contributed by atoms with E-state index in [1.165, 1.54) is 12.1 Å². The van der Waals surface area contributed by atoms with Gasteiger partial charge in [0.05, 0.1) is 5.39 Å². The summed E-state index contributed by atoms with van der Waals surface area (Å²) in [5.41, 5.74) is 1.37. The Kier molecular flexibility index (Phi) is 6.55. The Labute approximate surface area is 205 Å². The molecule has 0 unspecified atom stereocenters. The van der Waals surface area contributed by atoms with Crippen LogP contribution in [0.3, 0.4) is 0 Å². The lowest BCUT2D eigenvalue weighted by Gasteiger charge is -2.36. The predicted molar refractivity (Wildman–Crippen MR) is 132 cm³/mol. The number of benzene rings is 1. The number of anilines is 1. The first-order valence-electron chi connectivity index (χ1n) is 11.9. The SMILES string of the molecule is Cc1c(C(=O)OCC(=O)N2CCN(c3ccc(F)cc3)CC2)sc2nc3n(c(=O)c12)CCCCC3. The van der Waals surface area contributed by atoms with Crippen LogP contribution < -0.4 is 10.5 Å². The topological polar surface area (TPSA) is 84.7 Å². The number of rotatable bonds is 4. The first-order valence-corrected chi connectivity index (χ1v) is 12.7. The van der Waals surface area contributed by atoms with E-state index in [1.54, 1.807) is 28.5 Å². The van der Waals surface area contributed by atoms with Crippen molar-refractivity contribution in [1.82, 2.24) is 14.5 Å². The number of amides is 1. The minimum absolute atomic E-state index is 0.102. The van der Waals surface area contributed by atoms with Crippen molar-refractivity contribution < 1.29 is 18.7 Å². The first kappa shape index (κ1) is 23.5. The molecule has 5 rings (SSSR count). The van der Waals surface area contributed by atoms with Crippen LogP contribution in [0.1, 0.15) is 40.3 Å². The van der Waals surface area contributed by atoms with Crippen molar-refractivity contribution in [2.45, 2.75) is 39.2 Å². The Hall–Kier alpha value is -3.27. The lowest BCUT2D eigenvalue weighted by molar-refractivity contribution is -0.134. The molecule has 10 heteroatoms. The smallest absolute Gasteiger partial charge is 0.349 e. The van der Waals surface area contributed by atoms with Crippen molar-refractivity contribution in [2.24, 2.45) is 0 Å². The van der Waals surface area contributed by atoms with E-state index in [-0.39, 0.29) is 23.9 Å². The fourth-order valence-corrected chi connectivity index (χ4v) is 5.84. The van der Waals surface area contributed by atoms with Gasteiger partial charge in [-0.25, -0.2) is 14.2 Å². The summed E-state index contributed by atoms with van der Waals surface area (Å²) in [5, 5.41) is 0.468. The molecule has 0 saturated carbocycles. The third-order valence-corrected chi connectivity index (χ3v) is 7.91. The number of thiophene rings is 1. The zero-order valence-electron chi connectivity index (χ0n) is 19.6. The van der Waals surface area contributed by atoms with Gasteiger partial charge in [-0.3, -0.25) is 14.2 Å². The highest BCUT2D eigenvalue weighted by atomic mass is 32.1. The molecule has 35 heavy (non-hydrogen) atoms. The van der Waals surface area contributed by atoms with Crippen molar-refractivity contribution in [3.8, 4) is 0 Å². The molecule has 8 nitrogen and oxygen atoms in total. The maximum atomic E-state index is 13.2. The molecular weight excluding hydrogens is 471 g/mol. The number of fused-ring (bicyclic) bond motifs is 2. The maximum Gasteiger partial charge on any atom is 0.349 e. The molecule has 1 fully saturated rings. The summed E-state index contributed by atoms with van der Waals surface area (Å²) in [4.78, 5) is 47.9. The quantitative estimate of drug-likeness (QED) is 0.514. The maximum absolute atomic E-state index is 13.2. The molecule has 3 aromatic rings. The molecule has 0 aliphatic carbocycles. The van der Waals surface area contributed by atoms with E-state index in [2.05, 4.69) is 9.88 Å². The monoisotopic (exact) mass is 498 g/mol. The molecule has 184 valence electrons.